The van der Waals surface area contributed by atoms with Gasteiger partial charge in [-0.1, -0.05) is 19.1 Å². The van der Waals surface area contributed by atoms with Gasteiger partial charge < -0.3 is 5.11 Å². The molecule has 1 aliphatic heterocycles. The van der Waals surface area contributed by atoms with Crippen LogP contribution in [0.1, 0.15) is 6.92 Å². The van der Waals surface area contributed by atoms with E-state index in [4.69, 9.17) is 0 Å². The SMILES string of the molecule is C[C@@H]1[C@@H]2C(=O)N(C)C(=O)[C@@H]2C=C[C@@H]1O. The lowest BCUT2D eigenvalue weighted by molar-refractivity contribution is -0.138. The predicted molar refractivity (Wildman–Crippen MR) is 49.1 cm³/mol. The first-order valence-electron chi connectivity index (χ1n) is 4.72. The van der Waals surface area contributed by atoms with Crippen LogP contribution < -0.4 is 0 Å². The molecule has 1 N–H and O–H groups in total. The molecule has 4 atom stereocenters. The first-order valence-corrected chi connectivity index (χ1v) is 4.72. The summed E-state index contributed by atoms with van der Waals surface area (Å²) in [5.41, 5.74) is 0. The average Bonchev–Trinajstić information content (AvgIpc) is 2.38. The molecule has 1 aliphatic carbocycles. The zero-order valence-corrected chi connectivity index (χ0v) is 8.18. The minimum Gasteiger partial charge on any atom is -0.389 e. The molecule has 0 radical (unpaired) electrons. The number of carbonyl (C=O) groups excluding carboxylic acids is 2. The van der Waals surface area contributed by atoms with Crippen LogP contribution in [0.5, 0.6) is 0 Å². The molecule has 0 spiro atoms. The Hall–Kier alpha value is -1.16. The summed E-state index contributed by atoms with van der Waals surface area (Å²) in [5, 5.41) is 9.55. The fraction of sp³-hybridized carbons (Fsp3) is 0.600. The summed E-state index contributed by atoms with van der Waals surface area (Å²) in [6.07, 6.45) is 2.65. The molecular formula is C10H13NO3. The van der Waals surface area contributed by atoms with Crippen molar-refractivity contribution in [2.45, 2.75) is 13.0 Å². The first-order chi connectivity index (χ1) is 6.54. The van der Waals surface area contributed by atoms with E-state index in [0.29, 0.717) is 0 Å². The van der Waals surface area contributed by atoms with Crippen molar-refractivity contribution >= 4 is 11.8 Å². The molecule has 0 bridgehead atoms. The second kappa shape index (κ2) is 2.92. The maximum absolute atomic E-state index is 11.7. The molecule has 2 rings (SSSR count). The topological polar surface area (TPSA) is 57.6 Å². The van der Waals surface area contributed by atoms with Gasteiger partial charge in [0.05, 0.1) is 17.9 Å². The third-order valence-electron chi connectivity index (χ3n) is 3.24. The number of hydrogen-bond acceptors (Lipinski definition) is 3. The van der Waals surface area contributed by atoms with Crippen molar-refractivity contribution in [2.24, 2.45) is 17.8 Å². The predicted octanol–water partition coefficient (Wildman–Crippen LogP) is -0.216. The van der Waals surface area contributed by atoms with Gasteiger partial charge in [0, 0.05) is 7.05 Å². The van der Waals surface area contributed by atoms with E-state index in [2.05, 4.69) is 0 Å². The summed E-state index contributed by atoms with van der Waals surface area (Å²) >= 11 is 0. The molecule has 0 aromatic rings. The van der Waals surface area contributed by atoms with Crippen LogP contribution in [0.25, 0.3) is 0 Å². The number of nitrogens with zero attached hydrogens (tertiary/aromatic N) is 1. The van der Waals surface area contributed by atoms with E-state index in [1.165, 1.54) is 7.05 Å². The van der Waals surface area contributed by atoms with Gasteiger partial charge in [0.15, 0.2) is 0 Å². The minimum atomic E-state index is -0.612. The third-order valence-corrected chi connectivity index (χ3v) is 3.24. The standard InChI is InChI=1S/C10H13NO3/c1-5-7(12)4-3-6-8(5)10(14)11(2)9(6)13/h3-8,12H,1-2H3/t5-,6+,7-,8-/m0/s1. The molecule has 2 amide bonds. The van der Waals surface area contributed by atoms with Gasteiger partial charge in [0.1, 0.15) is 0 Å². The van der Waals surface area contributed by atoms with Crippen LogP contribution in [0, 0.1) is 17.8 Å². The molecule has 0 saturated carbocycles. The smallest absolute Gasteiger partial charge is 0.236 e. The van der Waals surface area contributed by atoms with Crippen molar-refractivity contribution in [1.82, 2.24) is 4.90 Å². The van der Waals surface area contributed by atoms with Gasteiger partial charge >= 0.3 is 0 Å². The van der Waals surface area contributed by atoms with Crippen molar-refractivity contribution < 1.29 is 14.7 Å². The largest absolute Gasteiger partial charge is 0.389 e. The Bertz CT molecular complexity index is 323. The monoisotopic (exact) mass is 195 g/mol. The van der Waals surface area contributed by atoms with Gasteiger partial charge in [-0.15, -0.1) is 0 Å². The van der Waals surface area contributed by atoms with Crippen LogP contribution in [0.2, 0.25) is 0 Å². The van der Waals surface area contributed by atoms with Crippen LogP contribution in [-0.2, 0) is 9.59 Å². The molecule has 1 saturated heterocycles. The van der Waals surface area contributed by atoms with Crippen molar-refractivity contribution in [3.8, 4) is 0 Å². The lowest BCUT2D eigenvalue weighted by atomic mass is 9.77. The lowest BCUT2D eigenvalue weighted by Gasteiger charge is -2.27. The highest BCUT2D eigenvalue weighted by molar-refractivity contribution is 6.06. The number of aliphatic hydroxyl groups is 1. The maximum Gasteiger partial charge on any atom is 0.236 e. The zero-order chi connectivity index (χ0) is 10.5. The minimum absolute atomic E-state index is 0.157. The van der Waals surface area contributed by atoms with E-state index in [-0.39, 0.29) is 29.6 Å². The van der Waals surface area contributed by atoms with E-state index in [1.807, 2.05) is 0 Å². The molecular weight excluding hydrogens is 182 g/mol. The van der Waals surface area contributed by atoms with E-state index >= 15 is 0 Å². The van der Waals surface area contributed by atoms with Crippen LogP contribution in [0.3, 0.4) is 0 Å². The number of hydrogen-bond donors (Lipinski definition) is 1. The van der Waals surface area contributed by atoms with Crippen molar-refractivity contribution in [2.75, 3.05) is 7.05 Å². The van der Waals surface area contributed by atoms with Gasteiger partial charge in [-0.05, 0) is 5.92 Å². The fourth-order valence-electron chi connectivity index (χ4n) is 2.24. The highest BCUT2D eigenvalue weighted by Gasteiger charge is 2.49. The third kappa shape index (κ3) is 1.04. The zero-order valence-electron chi connectivity index (χ0n) is 8.18. The second-order valence-electron chi connectivity index (χ2n) is 4.02. The Labute approximate surface area is 82.2 Å². The molecule has 76 valence electrons. The van der Waals surface area contributed by atoms with Gasteiger partial charge in [-0.3, -0.25) is 14.5 Å². The summed E-state index contributed by atoms with van der Waals surface area (Å²) in [7, 11) is 1.50. The Balaban J connectivity index is 2.39. The van der Waals surface area contributed by atoms with E-state index in [0.717, 1.165) is 4.90 Å². The summed E-state index contributed by atoms with van der Waals surface area (Å²) in [6, 6.07) is 0. The number of amides is 2. The molecule has 14 heavy (non-hydrogen) atoms. The summed E-state index contributed by atoms with van der Waals surface area (Å²) in [5.74, 6) is -1.23. The van der Waals surface area contributed by atoms with E-state index < -0.39 is 6.10 Å². The van der Waals surface area contributed by atoms with E-state index in [9.17, 15) is 14.7 Å². The molecule has 4 nitrogen and oxygen atoms in total. The van der Waals surface area contributed by atoms with Gasteiger partial charge in [-0.25, -0.2) is 0 Å². The molecule has 1 heterocycles. The summed E-state index contributed by atoms with van der Waals surface area (Å²) in [6.45, 7) is 1.80. The highest BCUT2D eigenvalue weighted by Crippen LogP contribution is 2.37. The Morgan fingerprint density at radius 3 is 2.57 bits per heavy atom. The molecule has 0 unspecified atom stereocenters. The van der Waals surface area contributed by atoms with Gasteiger partial charge in [-0.2, -0.15) is 0 Å². The van der Waals surface area contributed by atoms with E-state index in [1.54, 1.807) is 19.1 Å². The quantitative estimate of drug-likeness (QED) is 0.429. The number of rotatable bonds is 0. The van der Waals surface area contributed by atoms with Crippen LogP contribution >= 0.6 is 0 Å². The lowest BCUT2D eigenvalue weighted by Crippen LogP contribution is -2.35. The Morgan fingerprint density at radius 1 is 1.29 bits per heavy atom. The average molecular weight is 195 g/mol. The summed E-state index contributed by atoms with van der Waals surface area (Å²) < 4.78 is 0. The van der Waals surface area contributed by atoms with Crippen molar-refractivity contribution in [1.29, 1.82) is 0 Å². The Kier molecular flexibility index (Phi) is 1.96. The van der Waals surface area contributed by atoms with Gasteiger partial charge in [0.2, 0.25) is 11.8 Å². The van der Waals surface area contributed by atoms with Crippen molar-refractivity contribution in [3.63, 3.8) is 0 Å². The number of imide groups is 1. The molecule has 1 fully saturated rings. The normalized spacial score (nSPS) is 41.8. The highest BCUT2D eigenvalue weighted by atomic mass is 16.3. The number of fused-ring (bicyclic) bond motifs is 1. The Morgan fingerprint density at radius 2 is 1.93 bits per heavy atom. The molecule has 0 aromatic heterocycles. The van der Waals surface area contributed by atoms with Crippen LogP contribution in [0.4, 0.5) is 0 Å². The number of likely N-dealkylation sites (tertiary alicyclic amines) is 1. The second-order valence-corrected chi connectivity index (χ2v) is 4.02. The molecule has 4 heteroatoms. The summed E-state index contributed by atoms with van der Waals surface area (Å²) in [4.78, 5) is 24.4. The molecule has 2 aliphatic rings. The van der Waals surface area contributed by atoms with Crippen LogP contribution in [0.15, 0.2) is 12.2 Å². The molecule has 0 aromatic carbocycles. The van der Waals surface area contributed by atoms with Crippen LogP contribution in [-0.4, -0.2) is 35.0 Å². The maximum atomic E-state index is 11.7. The first kappa shape index (κ1) is 9.40. The number of carbonyl (C=O) groups is 2. The fourth-order valence-corrected chi connectivity index (χ4v) is 2.24. The van der Waals surface area contributed by atoms with Crippen molar-refractivity contribution in [3.05, 3.63) is 12.2 Å². The van der Waals surface area contributed by atoms with Gasteiger partial charge in [0.25, 0.3) is 0 Å². The number of aliphatic hydroxyl groups excluding tert-OH is 1.